The summed E-state index contributed by atoms with van der Waals surface area (Å²) in [7, 11) is 0. The summed E-state index contributed by atoms with van der Waals surface area (Å²) >= 11 is 3.39. The number of benzene rings is 1. The second kappa shape index (κ2) is 6.92. The zero-order chi connectivity index (χ0) is 17.1. The molecule has 0 saturated heterocycles. The number of fused-ring (bicyclic) bond motifs is 1. The Bertz CT molecular complexity index is 787. The number of halogens is 1. The quantitative estimate of drug-likeness (QED) is 0.793. The van der Waals surface area contributed by atoms with Crippen molar-refractivity contribution in [3.63, 3.8) is 0 Å². The van der Waals surface area contributed by atoms with Gasteiger partial charge in [-0.1, -0.05) is 34.1 Å². The summed E-state index contributed by atoms with van der Waals surface area (Å²) in [4.78, 5) is 41.3. The SMILES string of the molecule is O=C(Cc1ccccc1Br)NCCN1C(=O)c2cccnc2C1=O. The molecule has 0 saturated carbocycles. The van der Waals surface area contributed by atoms with Gasteiger partial charge < -0.3 is 5.32 Å². The van der Waals surface area contributed by atoms with E-state index in [1.807, 2.05) is 24.3 Å². The van der Waals surface area contributed by atoms with Gasteiger partial charge in [0.2, 0.25) is 5.91 Å². The van der Waals surface area contributed by atoms with Crippen molar-refractivity contribution in [3.05, 3.63) is 63.9 Å². The Hall–Kier alpha value is -2.54. The molecule has 122 valence electrons. The average Bonchev–Trinajstić information content (AvgIpc) is 2.82. The molecular weight excluding hydrogens is 374 g/mol. The van der Waals surface area contributed by atoms with Crippen LogP contribution in [-0.4, -0.2) is 40.7 Å². The first kappa shape index (κ1) is 16.3. The Labute approximate surface area is 147 Å². The summed E-state index contributed by atoms with van der Waals surface area (Å²) in [6.07, 6.45) is 1.71. The number of hydrogen-bond donors (Lipinski definition) is 1. The van der Waals surface area contributed by atoms with E-state index in [0.717, 1.165) is 14.9 Å². The monoisotopic (exact) mass is 387 g/mol. The fraction of sp³-hybridized carbons (Fsp3) is 0.176. The van der Waals surface area contributed by atoms with Crippen molar-refractivity contribution in [1.29, 1.82) is 0 Å². The van der Waals surface area contributed by atoms with Gasteiger partial charge in [-0.05, 0) is 23.8 Å². The summed E-state index contributed by atoms with van der Waals surface area (Å²) in [5.74, 6) is -0.963. The lowest BCUT2D eigenvalue weighted by Crippen LogP contribution is -2.38. The van der Waals surface area contributed by atoms with Gasteiger partial charge in [-0.2, -0.15) is 0 Å². The maximum atomic E-state index is 12.2. The molecule has 0 unspecified atom stereocenters. The number of amides is 3. The first-order valence-corrected chi connectivity index (χ1v) is 8.18. The van der Waals surface area contributed by atoms with E-state index >= 15 is 0 Å². The molecule has 1 aromatic heterocycles. The topological polar surface area (TPSA) is 79.4 Å². The van der Waals surface area contributed by atoms with Gasteiger partial charge in [-0.3, -0.25) is 24.3 Å². The van der Waals surface area contributed by atoms with E-state index in [9.17, 15) is 14.4 Å². The second-order valence-corrected chi connectivity index (χ2v) is 6.13. The normalized spacial score (nSPS) is 13.1. The van der Waals surface area contributed by atoms with E-state index in [1.54, 1.807) is 12.1 Å². The summed E-state index contributed by atoms with van der Waals surface area (Å²) < 4.78 is 0.867. The molecule has 0 fully saturated rings. The summed E-state index contributed by atoms with van der Waals surface area (Å²) in [6, 6.07) is 10.7. The zero-order valence-corrected chi connectivity index (χ0v) is 14.2. The largest absolute Gasteiger partial charge is 0.354 e. The molecular formula is C17H14BrN3O3. The van der Waals surface area contributed by atoms with Gasteiger partial charge in [0.05, 0.1) is 12.0 Å². The van der Waals surface area contributed by atoms with Gasteiger partial charge in [-0.15, -0.1) is 0 Å². The summed E-state index contributed by atoms with van der Waals surface area (Å²) in [6.45, 7) is 0.324. The van der Waals surface area contributed by atoms with Gasteiger partial charge in [-0.25, -0.2) is 0 Å². The number of carbonyl (C=O) groups excluding carboxylic acids is 3. The van der Waals surface area contributed by atoms with E-state index < -0.39 is 5.91 Å². The minimum absolute atomic E-state index is 0.121. The van der Waals surface area contributed by atoms with Crippen molar-refractivity contribution in [2.45, 2.75) is 6.42 Å². The van der Waals surface area contributed by atoms with Crippen LogP contribution >= 0.6 is 15.9 Å². The number of aromatic nitrogens is 1. The first-order chi connectivity index (χ1) is 11.6. The molecule has 0 aliphatic carbocycles. The Kier molecular flexibility index (Phi) is 4.71. The summed E-state index contributed by atoms with van der Waals surface area (Å²) in [5.41, 5.74) is 1.35. The Balaban J connectivity index is 1.54. The third-order valence-electron chi connectivity index (χ3n) is 3.70. The Morgan fingerprint density at radius 3 is 2.67 bits per heavy atom. The minimum atomic E-state index is -0.421. The highest BCUT2D eigenvalue weighted by Gasteiger charge is 2.36. The molecule has 2 aromatic rings. The second-order valence-electron chi connectivity index (χ2n) is 5.28. The molecule has 1 N–H and O–H groups in total. The molecule has 0 radical (unpaired) electrons. The summed E-state index contributed by atoms with van der Waals surface area (Å²) in [5, 5.41) is 2.73. The number of hydrogen-bond acceptors (Lipinski definition) is 4. The van der Waals surface area contributed by atoms with Crippen molar-refractivity contribution in [3.8, 4) is 0 Å². The van der Waals surface area contributed by atoms with Gasteiger partial charge in [0, 0.05) is 23.8 Å². The van der Waals surface area contributed by atoms with Crippen LogP contribution in [0.2, 0.25) is 0 Å². The van der Waals surface area contributed by atoms with E-state index in [0.29, 0.717) is 5.56 Å². The molecule has 0 bridgehead atoms. The molecule has 1 aromatic carbocycles. The highest BCUT2D eigenvalue weighted by molar-refractivity contribution is 9.10. The van der Waals surface area contributed by atoms with Crippen molar-refractivity contribution < 1.29 is 14.4 Å². The van der Waals surface area contributed by atoms with Gasteiger partial charge >= 0.3 is 0 Å². The molecule has 3 amide bonds. The average molecular weight is 388 g/mol. The number of carbonyl (C=O) groups is 3. The molecule has 7 heteroatoms. The highest BCUT2D eigenvalue weighted by Crippen LogP contribution is 2.19. The smallest absolute Gasteiger partial charge is 0.280 e. The lowest BCUT2D eigenvalue weighted by Gasteiger charge is -2.14. The molecule has 1 aliphatic rings. The van der Waals surface area contributed by atoms with Crippen LogP contribution in [0.15, 0.2) is 47.1 Å². The molecule has 2 heterocycles. The number of nitrogens with zero attached hydrogens (tertiary/aromatic N) is 2. The van der Waals surface area contributed by atoms with Crippen LogP contribution in [0.4, 0.5) is 0 Å². The number of imide groups is 1. The Morgan fingerprint density at radius 1 is 1.12 bits per heavy atom. The van der Waals surface area contributed by atoms with Crippen LogP contribution in [-0.2, 0) is 11.2 Å². The van der Waals surface area contributed by atoms with Gasteiger partial charge in [0.1, 0.15) is 5.69 Å². The molecule has 0 spiro atoms. The van der Waals surface area contributed by atoms with E-state index in [1.165, 1.54) is 6.20 Å². The Morgan fingerprint density at radius 2 is 1.92 bits per heavy atom. The van der Waals surface area contributed by atoms with Crippen LogP contribution < -0.4 is 5.32 Å². The number of pyridine rings is 1. The molecule has 0 atom stereocenters. The third kappa shape index (κ3) is 3.21. The fourth-order valence-electron chi connectivity index (χ4n) is 2.50. The van der Waals surface area contributed by atoms with Crippen LogP contribution in [0, 0.1) is 0 Å². The highest BCUT2D eigenvalue weighted by atomic mass is 79.9. The van der Waals surface area contributed by atoms with Crippen LogP contribution in [0.25, 0.3) is 0 Å². The van der Waals surface area contributed by atoms with Crippen molar-refractivity contribution in [1.82, 2.24) is 15.2 Å². The predicted octanol–water partition coefficient (Wildman–Crippen LogP) is 1.80. The fourth-order valence-corrected chi connectivity index (χ4v) is 2.93. The van der Waals surface area contributed by atoms with Crippen molar-refractivity contribution >= 4 is 33.7 Å². The molecule has 6 nitrogen and oxygen atoms in total. The zero-order valence-electron chi connectivity index (χ0n) is 12.7. The molecule has 3 rings (SSSR count). The standard InChI is InChI=1S/C17H14BrN3O3/c18-13-6-2-1-4-11(13)10-14(22)19-8-9-21-16(23)12-5-3-7-20-15(12)17(21)24/h1-7H,8-10H2,(H,19,22). The minimum Gasteiger partial charge on any atom is -0.354 e. The first-order valence-electron chi connectivity index (χ1n) is 7.39. The van der Waals surface area contributed by atoms with Gasteiger partial charge in [0.25, 0.3) is 11.8 Å². The van der Waals surface area contributed by atoms with Crippen LogP contribution in [0.1, 0.15) is 26.4 Å². The van der Waals surface area contributed by atoms with Crippen molar-refractivity contribution in [2.75, 3.05) is 13.1 Å². The lowest BCUT2D eigenvalue weighted by atomic mass is 10.1. The number of nitrogens with one attached hydrogen (secondary N) is 1. The van der Waals surface area contributed by atoms with E-state index in [-0.39, 0.29) is 37.0 Å². The van der Waals surface area contributed by atoms with E-state index in [4.69, 9.17) is 0 Å². The van der Waals surface area contributed by atoms with Crippen LogP contribution in [0.3, 0.4) is 0 Å². The van der Waals surface area contributed by atoms with Crippen molar-refractivity contribution in [2.24, 2.45) is 0 Å². The maximum Gasteiger partial charge on any atom is 0.280 e. The predicted molar refractivity (Wildman–Crippen MR) is 90.5 cm³/mol. The third-order valence-corrected chi connectivity index (χ3v) is 4.47. The lowest BCUT2D eigenvalue weighted by molar-refractivity contribution is -0.120. The molecule has 24 heavy (non-hydrogen) atoms. The van der Waals surface area contributed by atoms with E-state index in [2.05, 4.69) is 26.2 Å². The maximum absolute atomic E-state index is 12.2. The van der Waals surface area contributed by atoms with Gasteiger partial charge in [0.15, 0.2) is 0 Å². The molecule has 1 aliphatic heterocycles. The number of rotatable bonds is 5. The van der Waals surface area contributed by atoms with Crippen LogP contribution in [0.5, 0.6) is 0 Å².